The molecule has 108 valence electrons. The van der Waals surface area contributed by atoms with E-state index in [-0.39, 0.29) is 5.82 Å². The summed E-state index contributed by atoms with van der Waals surface area (Å²) >= 11 is 0. The smallest absolute Gasteiger partial charge is 0.124 e. The van der Waals surface area contributed by atoms with Crippen LogP contribution in [0.4, 0.5) is 4.39 Å². The molecule has 0 amide bonds. The van der Waals surface area contributed by atoms with Crippen LogP contribution in [0.2, 0.25) is 0 Å². The molecule has 21 heavy (non-hydrogen) atoms. The third-order valence-electron chi connectivity index (χ3n) is 3.36. The third kappa shape index (κ3) is 3.18. The highest BCUT2D eigenvalue weighted by atomic mass is 19.1. The Labute approximate surface area is 123 Å². The maximum absolute atomic E-state index is 13.4. The average Bonchev–Trinajstić information content (AvgIpc) is 2.84. The number of aromatic nitrogens is 2. The van der Waals surface area contributed by atoms with Crippen LogP contribution < -0.4 is 0 Å². The van der Waals surface area contributed by atoms with Gasteiger partial charge in [0.05, 0.1) is 24.6 Å². The molecule has 0 aliphatic carbocycles. The highest BCUT2D eigenvalue weighted by molar-refractivity contribution is 5.59. The second-order valence-electron chi connectivity index (χ2n) is 5.37. The van der Waals surface area contributed by atoms with E-state index in [9.17, 15) is 4.39 Å². The second-order valence-corrected chi connectivity index (χ2v) is 5.37. The van der Waals surface area contributed by atoms with Crippen molar-refractivity contribution >= 4 is 0 Å². The number of benzene rings is 1. The summed E-state index contributed by atoms with van der Waals surface area (Å²) in [4.78, 5) is 4.24. The van der Waals surface area contributed by atoms with Gasteiger partial charge in [-0.15, -0.1) is 0 Å². The first-order valence-corrected chi connectivity index (χ1v) is 6.83. The lowest BCUT2D eigenvalue weighted by atomic mass is 10.1. The first kappa shape index (κ1) is 13.5. The van der Waals surface area contributed by atoms with E-state index >= 15 is 0 Å². The van der Waals surface area contributed by atoms with Crippen LogP contribution in [0.5, 0.6) is 0 Å². The Kier molecular flexibility index (Phi) is 3.56. The Hall–Kier alpha value is -2.43. The summed E-state index contributed by atoms with van der Waals surface area (Å²) in [5, 5.41) is 8.45. The zero-order valence-electron chi connectivity index (χ0n) is 12.1. The molecule has 2 aromatic rings. The fourth-order valence-electron chi connectivity index (χ4n) is 2.38. The van der Waals surface area contributed by atoms with E-state index in [0.29, 0.717) is 5.69 Å². The van der Waals surface area contributed by atoms with E-state index < -0.39 is 0 Å². The molecule has 0 saturated carbocycles. The molecule has 2 heterocycles. The minimum Gasteiger partial charge on any atom is -0.362 e. The van der Waals surface area contributed by atoms with E-state index in [1.165, 1.54) is 12.1 Å². The maximum atomic E-state index is 13.4. The molecule has 0 fully saturated rings. The summed E-state index contributed by atoms with van der Waals surface area (Å²) in [6.45, 7) is 3.44. The van der Waals surface area contributed by atoms with Gasteiger partial charge in [-0.2, -0.15) is 10.2 Å². The van der Waals surface area contributed by atoms with Crippen LogP contribution in [-0.2, 0) is 6.54 Å². The third-order valence-corrected chi connectivity index (χ3v) is 3.36. The van der Waals surface area contributed by atoms with Crippen LogP contribution >= 0.6 is 0 Å². The van der Waals surface area contributed by atoms with Crippen molar-refractivity contribution in [1.29, 1.82) is 0 Å². The Morgan fingerprint density at radius 3 is 2.62 bits per heavy atom. The second kappa shape index (κ2) is 5.52. The molecule has 3 rings (SSSR count). The Balaban J connectivity index is 1.76. The van der Waals surface area contributed by atoms with Gasteiger partial charge < -0.3 is 9.80 Å². The largest absolute Gasteiger partial charge is 0.362 e. The molecule has 0 bridgehead atoms. The number of halogens is 1. The number of nitrogens with zero attached hydrogens (tertiary/aromatic N) is 4. The summed E-state index contributed by atoms with van der Waals surface area (Å²) in [6.07, 6.45) is 4.06. The normalized spacial score (nSPS) is 14.0. The highest BCUT2D eigenvalue weighted by Crippen LogP contribution is 2.19. The standard InChI is InChI=1S/C16H17FN4/c1-12-7-13(9-14(17)8-12)16-4-3-15(18-19-16)10-21-6-5-20(2)11-21/h3-9H,10-11H2,1-2H3. The van der Waals surface area contributed by atoms with Crippen molar-refractivity contribution < 1.29 is 4.39 Å². The van der Waals surface area contributed by atoms with Gasteiger partial charge in [-0.25, -0.2) is 4.39 Å². The molecule has 0 spiro atoms. The van der Waals surface area contributed by atoms with E-state index in [4.69, 9.17) is 0 Å². The molecule has 0 saturated heterocycles. The van der Waals surface area contributed by atoms with Crippen LogP contribution in [0, 0.1) is 12.7 Å². The van der Waals surface area contributed by atoms with Gasteiger partial charge in [0.2, 0.25) is 0 Å². The number of hydrogen-bond donors (Lipinski definition) is 0. The number of hydrogen-bond acceptors (Lipinski definition) is 4. The lowest BCUT2D eigenvalue weighted by molar-refractivity contribution is 0.287. The van der Waals surface area contributed by atoms with E-state index in [1.54, 1.807) is 0 Å². The summed E-state index contributed by atoms with van der Waals surface area (Å²) in [5.74, 6) is -0.249. The number of aryl methyl sites for hydroxylation is 1. The molecule has 1 aromatic carbocycles. The van der Waals surface area contributed by atoms with Gasteiger partial charge in [0.15, 0.2) is 0 Å². The minimum atomic E-state index is -0.249. The van der Waals surface area contributed by atoms with Crippen LogP contribution in [0.1, 0.15) is 11.3 Å². The quantitative estimate of drug-likeness (QED) is 0.867. The summed E-state index contributed by atoms with van der Waals surface area (Å²) in [7, 11) is 2.03. The Bertz CT molecular complexity index is 646. The van der Waals surface area contributed by atoms with Gasteiger partial charge in [-0.1, -0.05) is 0 Å². The maximum Gasteiger partial charge on any atom is 0.124 e. The number of rotatable bonds is 3. The molecule has 0 unspecified atom stereocenters. The van der Waals surface area contributed by atoms with Gasteiger partial charge >= 0.3 is 0 Å². The van der Waals surface area contributed by atoms with Gasteiger partial charge in [0.1, 0.15) is 5.82 Å². The summed E-state index contributed by atoms with van der Waals surface area (Å²) in [5.41, 5.74) is 3.22. The van der Waals surface area contributed by atoms with Crippen LogP contribution in [0.25, 0.3) is 11.3 Å². The molecule has 5 heteroatoms. The van der Waals surface area contributed by atoms with Crippen molar-refractivity contribution in [2.24, 2.45) is 0 Å². The predicted octanol–water partition coefficient (Wildman–Crippen LogP) is 2.77. The molecule has 1 aliphatic rings. The molecule has 0 N–H and O–H groups in total. The first-order chi connectivity index (χ1) is 10.1. The van der Waals surface area contributed by atoms with Crippen LogP contribution in [0.15, 0.2) is 42.7 Å². The van der Waals surface area contributed by atoms with E-state index in [0.717, 1.165) is 30.0 Å². The molecule has 4 nitrogen and oxygen atoms in total. The van der Waals surface area contributed by atoms with Crippen molar-refractivity contribution in [1.82, 2.24) is 20.0 Å². The van der Waals surface area contributed by atoms with E-state index in [1.807, 2.05) is 44.6 Å². The van der Waals surface area contributed by atoms with Crippen molar-refractivity contribution in [3.63, 3.8) is 0 Å². The van der Waals surface area contributed by atoms with Crippen LogP contribution in [-0.4, -0.2) is 33.7 Å². The molecular formula is C16H17FN4. The minimum absolute atomic E-state index is 0.249. The highest BCUT2D eigenvalue weighted by Gasteiger charge is 2.10. The van der Waals surface area contributed by atoms with Gasteiger partial charge in [0.25, 0.3) is 0 Å². The molecule has 1 aliphatic heterocycles. The zero-order valence-corrected chi connectivity index (χ0v) is 12.1. The van der Waals surface area contributed by atoms with Crippen molar-refractivity contribution in [2.75, 3.05) is 13.7 Å². The first-order valence-electron chi connectivity index (χ1n) is 6.83. The topological polar surface area (TPSA) is 32.3 Å². The molecular weight excluding hydrogens is 267 g/mol. The SMILES string of the molecule is Cc1cc(F)cc(-c2ccc(CN3C=CN(C)C3)nn2)c1. The predicted molar refractivity (Wildman–Crippen MR) is 79.5 cm³/mol. The molecule has 1 aromatic heterocycles. The van der Waals surface area contributed by atoms with Crippen molar-refractivity contribution in [2.45, 2.75) is 13.5 Å². The average molecular weight is 284 g/mol. The summed E-state index contributed by atoms with van der Waals surface area (Å²) < 4.78 is 13.4. The Morgan fingerprint density at radius 1 is 1.14 bits per heavy atom. The van der Waals surface area contributed by atoms with Gasteiger partial charge in [0, 0.05) is 25.0 Å². The molecule has 0 atom stereocenters. The van der Waals surface area contributed by atoms with Crippen molar-refractivity contribution in [3.05, 3.63) is 59.8 Å². The summed E-state index contributed by atoms with van der Waals surface area (Å²) in [6, 6.07) is 8.72. The lowest BCUT2D eigenvalue weighted by Crippen LogP contribution is -2.22. The fraction of sp³-hybridized carbons (Fsp3) is 0.250. The van der Waals surface area contributed by atoms with Gasteiger partial charge in [-0.05, 0) is 42.8 Å². The lowest BCUT2D eigenvalue weighted by Gasteiger charge is -2.17. The molecule has 0 radical (unpaired) electrons. The van der Waals surface area contributed by atoms with Crippen LogP contribution in [0.3, 0.4) is 0 Å². The van der Waals surface area contributed by atoms with E-state index in [2.05, 4.69) is 20.0 Å². The monoisotopic (exact) mass is 284 g/mol. The fourth-order valence-corrected chi connectivity index (χ4v) is 2.38. The zero-order chi connectivity index (χ0) is 14.8. The van der Waals surface area contributed by atoms with Gasteiger partial charge in [-0.3, -0.25) is 0 Å². The van der Waals surface area contributed by atoms with Crippen molar-refractivity contribution in [3.8, 4) is 11.3 Å². The Morgan fingerprint density at radius 2 is 2.00 bits per heavy atom.